The first-order valence-corrected chi connectivity index (χ1v) is 11.0. The highest BCUT2D eigenvalue weighted by Gasteiger charge is 2.47. The molecule has 31 heavy (non-hydrogen) atoms. The number of anilines is 1. The quantitative estimate of drug-likeness (QED) is 0.423. The van der Waals surface area contributed by atoms with Crippen molar-refractivity contribution in [3.8, 4) is 11.1 Å². The fourth-order valence-electron chi connectivity index (χ4n) is 4.02. The Morgan fingerprint density at radius 1 is 1.10 bits per heavy atom. The van der Waals surface area contributed by atoms with Gasteiger partial charge in [0, 0.05) is 10.9 Å². The van der Waals surface area contributed by atoms with E-state index < -0.39 is 11.9 Å². The Bertz CT molecular complexity index is 1030. The lowest BCUT2D eigenvalue weighted by atomic mass is 9.85. The second-order valence-electron chi connectivity index (χ2n) is 7.41. The number of fused-ring (bicyclic) bond motifs is 1. The number of nitrogens with one attached hydrogen (secondary N) is 1. The van der Waals surface area contributed by atoms with Crippen molar-refractivity contribution in [1.82, 2.24) is 4.90 Å². The van der Waals surface area contributed by atoms with Gasteiger partial charge in [0.1, 0.15) is 17.1 Å². The molecule has 160 valence electrons. The summed E-state index contributed by atoms with van der Waals surface area (Å²) in [6.07, 6.45) is 4.84. The summed E-state index contributed by atoms with van der Waals surface area (Å²) in [4.78, 5) is 51.6. The Hall–Kier alpha value is -3.26. The van der Waals surface area contributed by atoms with Crippen LogP contribution in [0.4, 0.5) is 5.00 Å². The van der Waals surface area contributed by atoms with E-state index in [-0.39, 0.29) is 42.4 Å². The number of ether oxygens (including phenoxy) is 1. The van der Waals surface area contributed by atoms with Gasteiger partial charge >= 0.3 is 5.97 Å². The minimum Gasteiger partial charge on any atom is -0.462 e. The normalized spacial score (nSPS) is 20.0. The van der Waals surface area contributed by atoms with E-state index in [1.165, 1.54) is 11.3 Å². The summed E-state index contributed by atoms with van der Waals surface area (Å²) in [5.74, 6) is -2.45. The van der Waals surface area contributed by atoms with E-state index in [0.29, 0.717) is 23.4 Å². The van der Waals surface area contributed by atoms with Crippen molar-refractivity contribution in [2.24, 2.45) is 11.8 Å². The molecule has 1 aromatic heterocycles. The molecule has 2 aliphatic rings. The maximum absolute atomic E-state index is 12.7. The lowest BCUT2D eigenvalue weighted by Crippen LogP contribution is -2.38. The van der Waals surface area contributed by atoms with Crippen molar-refractivity contribution in [1.29, 1.82) is 0 Å². The van der Waals surface area contributed by atoms with Crippen molar-refractivity contribution in [2.75, 3.05) is 18.5 Å². The first kappa shape index (κ1) is 21.0. The first-order chi connectivity index (χ1) is 15.0. The fraction of sp³-hybridized carbons (Fsp3) is 0.304. The van der Waals surface area contributed by atoms with Gasteiger partial charge in [0.15, 0.2) is 0 Å². The Balaban J connectivity index is 1.54. The van der Waals surface area contributed by atoms with Crippen molar-refractivity contribution < 1.29 is 23.9 Å². The van der Waals surface area contributed by atoms with Gasteiger partial charge in [-0.25, -0.2) is 4.79 Å². The summed E-state index contributed by atoms with van der Waals surface area (Å²) in [6.45, 7) is 1.54. The summed E-state index contributed by atoms with van der Waals surface area (Å²) in [5, 5.41) is 4.82. The average molecular weight is 439 g/mol. The van der Waals surface area contributed by atoms with Crippen LogP contribution in [0.1, 0.15) is 30.1 Å². The van der Waals surface area contributed by atoms with Crippen LogP contribution in [0.25, 0.3) is 11.1 Å². The third kappa shape index (κ3) is 4.03. The second-order valence-corrected chi connectivity index (χ2v) is 8.29. The van der Waals surface area contributed by atoms with Crippen molar-refractivity contribution in [3.05, 3.63) is 53.4 Å². The van der Waals surface area contributed by atoms with E-state index in [0.717, 1.165) is 10.5 Å². The monoisotopic (exact) mass is 438 g/mol. The van der Waals surface area contributed by atoms with Crippen LogP contribution in [0.2, 0.25) is 0 Å². The minimum absolute atomic E-state index is 0.198. The number of amides is 3. The molecular formula is C23H22N2O5S. The smallest absolute Gasteiger partial charge is 0.341 e. The lowest BCUT2D eigenvalue weighted by Gasteiger charge is -2.14. The molecule has 2 atom stereocenters. The molecule has 0 saturated carbocycles. The highest BCUT2D eigenvalue weighted by Crippen LogP contribution is 2.37. The number of hydrogen-bond acceptors (Lipinski definition) is 6. The van der Waals surface area contributed by atoms with E-state index in [1.54, 1.807) is 12.3 Å². The standard InChI is InChI=1S/C23H22N2O5S/c1-2-30-23(29)19-17(14-8-4-3-5-9-14)13-31-20(19)24-18(26)12-25-21(27)15-10-6-7-11-16(15)22(25)28/h3-9,13,15-16H,2,10-12H2,1H3,(H,24,26)/t15-,16-/m1/s1. The lowest BCUT2D eigenvalue weighted by molar-refractivity contribution is -0.142. The molecule has 1 aromatic carbocycles. The summed E-state index contributed by atoms with van der Waals surface area (Å²) < 4.78 is 5.19. The van der Waals surface area contributed by atoms with Crippen LogP contribution in [-0.2, 0) is 19.1 Å². The second kappa shape index (κ2) is 8.85. The maximum atomic E-state index is 12.7. The molecule has 4 rings (SSSR count). The fourth-order valence-corrected chi connectivity index (χ4v) is 4.99. The largest absolute Gasteiger partial charge is 0.462 e. The molecule has 2 aromatic rings. The number of hydrogen-bond donors (Lipinski definition) is 1. The van der Waals surface area contributed by atoms with E-state index in [1.807, 2.05) is 42.5 Å². The van der Waals surface area contributed by atoms with Crippen molar-refractivity contribution >= 4 is 40.0 Å². The van der Waals surface area contributed by atoms with Gasteiger partial charge < -0.3 is 10.1 Å². The van der Waals surface area contributed by atoms with Gasteiger partial charge in [-0.05, 0) is 25.3 Å². The van der Waals surface area contributed by atoms with E-state index in [9.17, 15) is 19.2 Å². The molecular weight excluding hydrogens is 416 g/mol. The number of imide groups is 1. The van der Waals surface area contributed by atoms with E-state index in [4.69, 9.17) is 4.74 Å². The van der Waals surface area contributed by atoms with Crippen LogP contribution in [0.5, 0.6) is 0 Å². The van der Waals surface area contributed by atoms with Crippen LogP contribution in [0.15, 0.2) is 47.9 Å². The number of esters is 1. The molecule has 1 aliphatic heterocycles. The highest BCUT2D eigenvalue weighted by atomic mass is 32.1. The van der Waals surface area contributed by atoms with Gasteiger partial charge in [-0.1, -0.05) is 42.5 Å². The Morgan fingerprint density at radius 3 is 2.35 bits per heavy atom. The van der Waals surface area contributed by atoms with Gasteiger partial charge in [-0.15, -0.1) is 11.3 Å². The van der Waals surface area contributed by atoms with Gasteiger partial charge in [0.25, 0.3) is 0 Å². The van der Waals surface area contributed by atoms with Crippen LogP contribution >= 0.6 is 11.3 Å². The van der Waals surface area contributed by atoms with Crippen LogP contribution in [0, 0.1) is 11.8 Å². The molecule has 0 spiro atoms. The van der Waals surface area contributed by atoms with E-state index >= 15 is 0 Å². The Kier molecular flexibility index (Phi) is 5.99. The van der Waals surface area contributed by atoms with Gasteiger partial charge in [-0.2, -0.15) is 0 Å². The summed E-state index contributed by atoms with van der Waals surface area (Å²) in [6, 6.07) is 9.33. The Morgan fingerprint density at radius 2 is 1.74 bits per heavy atom. The van der Waals surface area contributed by atoms with Gasteiger partial charge in [-0.3, -0.25) is 19.3 Å². The molecule has 1 saturated heterocycles. The topological polar surface area (TPSA) is 92.8 Å². The third-order valence-corrected chi connectivity index (χ3v) is 6.40. The van der Waals surface area contributed by atoms with Crippen LogP contribution in [-0.4, -0.2) is 41.7 Å². The molecule has 2 heterocycles. The van der Waals surface area contributed by atoms with Crippen molar-refractivity contribution in [3.63, 3.8) is 0 Å². The molecule has 0 radical (unpaired) electrons. The average Bonchev–Trinajstić information content (AvgIpc) is 3.30. The van der Waals surface area contributed by atoms with E-state index in [2.05, 4.69) is 5.32 Å². The molecule has 0 unspecified atom stereocenters. The molecule has 1 aliphatic carbocycles. The highest BCUT2D eigenvalue weighted by molar-refractivity contribution is 7.15. The zero-order valence-corrected chi connectivity index (χ0v) is 17.8. The number of likely N-dealkylation sites (tertiary alicyclic amines) is 1. The number of carbonyl (C=O) groups is 4. The van der Waals surface area contributed by atoms with Crippen LogP contribution in [0.3, 0.4) is 0 Å². The van der Waals surface area contributed by atoms with Crippen LogP contribution < -0.4 is 5.32 Å². The number of carbonyl (C=O) groups excluding carboxylic acids is 4. The summed E-state index contributed by atoms with van der Waals surface area (Å²) in [7, 11) is 0. The summed E-state index contributed by atoms with van der Waals surface area (Å²) >= 11 is 1.20. The molecule has 8 heteroatoms. The maximum Gasteiger partial charge on any atom is 0.341 e. The molecule has 1 N–H and O–H groups in total. The molecule has 1 fully saturated rings. The number of rotatable bonds is 6. The Labute approximate surface area is 183 Å². The molecule has 0 bridgehead atoms. The predicted octanol–water partition coefficient (Wildman–Crippen LogP) is 3.48. The number of nitrogens with zero attached hydrogens (tertiary/aromatic N) is 1. The van der Waals surface area contributed by atoms with Gasteiger partial charge in [0.2, 0.25) is 17.7 Å². The number of allylic oxidation sites excluding steroid dienone is 2. The van der Waals surface area contributed by atoms with Crippen molar-refractivity contribution in [2.45, 2.75) is 19.8 Å². The third-order valence-electron chi connectivity index (χ3n) is 5.51. The minimum atomic E-state index is -0.539. The SMILES string of the molecule is CCOC(=O)c1c(-c2ccccc2)csc1NC(=O)CN1C(=O)[C@@H]2CC=CC[C@H]2C1=O. The first-order valence-electron chi connectivity index (χ1n) is 10.1. The molecule has 7 nitrogen and oxygen atoms in total. The predicted molar refractivity (Wildman–Crippen MR) is 116 cm³/mol. The zero-order chi connectivity index (χ0) is 22.0. The zero-order valence-electron chi connectivity index (χ0n) is 17.0. The summed E-state index contributed by atoms with van der Waals surface area (Å²) in [5.41, 5.74) is 1.75. The molecule has 3 amide bonds. The van der Waals surface area contributed by atoms with Gasteiger partial charge in [0.05, 0.1) is 18.4 Å². The number of benzene rings is 1. The number of thiophene rings is 1.